The zero-order valence-corrected chi connectivity index (χ0v) is 12.8. The highest BCUT2D eigenvalue weighted by Crippen LogP contribution is 2.21. The minimum Gasteiger partial charge on any atom is -0.459 e. The van der Waals surface area contributed by atoms with Gasteiger partial charge in [0.25, 0.3) is 0 Å². The molecule has 1 aromatic carbocycles. The molecule has 0 aliphatic rings. The number of aromatic nitrogens is 2. The summed E-state index contributed by atoms with van der Waals surface area (Å²) >= 11 is 0. The zero-order chi connectivity index (χ0) is 17.7. The number of ether oxygens (including phenoxy) is 2. The van der Waals surface area contributed by atoms with Crippen LogP contribution in [0, 0.1) is 0 Å². The second-order valence-corrected chi connectivity index (χ2v) is 4.32. The SMILES string of the molecule is CCOC(=O)C(=O)N(C(=O)C(=O)OCC)c1ccc2nonc2c1. The Morgan fingerprint density at radius 2 is 1.50 bits per heavy atom. The third-order valence-corrected chi connectivity index (χ3v) is 2.80. The molecule has 0 N–H and O–H groups in total. The number of carbonyl (C=O) groups is 4. The van der Waals surface area contributed by atoms with E-state index in [1.807, 2.05) is 0 Å². The molecule has 0 bridgehead atoms. The normalized spacial score (nSPS) is 10.2. The van der Waals surface area contributed by atoms with Crippen molar-refractivity contribution in [2.45, 2.75) is 13.8 Å². The number of hydrogen-bond acceptors (Lipinski definition) is 9. The molecular weight excluding hydrogens is 322 g/mol. The molecule has 0 spiro atoms. The van der Waals surface area contributed by atoms with E-state index in [1.54, 1.807) is 0 Å². The Hall–Kier alpha value is -3.30. The average molecular weight is 335 g/mol. The molecule has 0 radical (unpaired) electrons. The van der Waals surface area contributed by atoms with Gasteiger partial charge in [-0.05, 0) is 42.4 Å². The lowest BCUT2D eigenvalue weighted by Crippen LogP contribution is -2.46. The van der Waals surface area contributed by atoms with Crippen LogP contribution in [0.3, 0.4) is 0 Å². The monoisotopic (exact) mass is 335 g/mol. The molecule has 1 aromatic heterocycles. The Morgan fingerprint density at radius 1 is 0.958 bits per heavy atom. The van der Waals surface area contributed by atoms with Crippen LogP contribution in [-0.4, -0.2) is 47.3 Å². The van der Waals surface area contributed by atoms with Crippen LogP contribution in [0.15, 0.2) is 22.8 Å². The molecule has 10 nitrogen and oxygen atoms in total. The maximum absolute atomic E-state index is 12.2. The van der Waals surface area contributed by atoms with E-state index in [4.69, 9.17) is 0 Å². The topological polar surface area (TPSA) is 129 Å². The van der Waals surface area contributed by atoms with E-state index in [2.05, 4.69) is 24.4 Å². The molecule has 0 aliphatic carbocycles. The van der Waals surface area contributed by atoms with E-state index in [9.17, 15) is 19.2 Å². The molecule has 126 valence electrons. The first-order chi connectivity index (χ1) is 11.5. The number of fused-ring (bicyclic) bond motifs is 1. The molecule has 0 aliphatic heterocycles. The Kier molecular flexibility index (Phi) is 5.20. The fourth-order valence-corrected chi connectivity index (χ4v) is 1.80. The summed E-state index contributed by atoms with van der Waals surface area (Å²) < 4.78 is 13.7. The Balaban J connectivity index is 2.44. The van der Waals surface area contributed by atoms with Gasteiger partial charge in [0.2, 0.25) is 0 Å². The number of imide groups is 1. The van der Waals surface area contributed by atoms with Gasteiger partial charge in [0.15, 0.2) is 0 Å². The van der Waals surface area contributed by atoms with Crippen molar-refractivity contribution in [1.82, 2.24) is 10.3 Å². The van der Waals surface area contributed by atoms with E-state index < -0.39 is 23.8 Å². The Labute approximate surface area is 135 Å². The lowest BCUT2D eigenvalue weighted by molar-refractivity contribution is -0.157. The van der Waals surface area contributed by atoms with E-state index in [0.29, 0.717) is 10.4 Å². The summed E-state index contributed by atoms with van der Waals surface area (Å²) in [6, 6.07) is 3.98. The minimum atomic E-state index is -1.33. The molecule has 0 saturated carbocycles. The molecule has 2 aromatic rings. The van der Waals surface area contributed by atoms with Gasteiger partial charge >= 0.3 is 23.8 Å². The van der Waals surface area contributed by atoms with Crippen LogP contribution in [0.4, 0.5) is 5.69 Å². The van der Waals surface area contributed by atoms with Gasteiger partial charge in [0.1, 0.15) is 11.0 Å². The number of amides is 2. The zero-order valence-electron chi connectivity index (χ0n) is 12.8. The summed E-state index contributed by atoms with van der Waals surface area (Å²) in [5.41, 5.74) is 0.519. The quantitative estimate of drug-likeness (QED) is 0.570. The first-order valence-electron chi connectivity index (χ1n) is 6.94. The summed E-state index contributed by atoms with van der Waals surface area (Å²) in [7, 11) is 0. The molecular formula is C14H13N3O7. The fourth-order valence-electron chi connectivity index (χ4n) is 1.80. The van der Waals surface area contributed by atoms with Crippen molar-refractivity contribution in [2.24, 2.45) is 0 Å². The Bertz CT molecular complexity index is 769. The van der Waals surface area contributed by atoms with Gasteiger partial charge in [0, 0.05) is 0 Å². The fraction of sp³-hybridized carbons (Fsp3) is 0.286. The third-order valence-electron chi connectivity index (χ3n) is 2.80. The molecule has 0 unspecified atom stereocenters. The molecule has 0 saturated heterocycles. The third kappa shape index (κ3) is 3.37. The highest BCUT2D eigenvalue weighted by atomic mass is 16.6. The smallest absolute Gasteiger partial charge is 0.397 e. The van der Waals surface area contributed by atoms with Gasteiger partial charge in [-0.25, -0.2) is 19.1 Å². The first-order valence-corrected chi connectivity index (χ1v) is 6.94. The van der Waals surface area contributed by atoms with Crippen molar-refractivity contribution in [1.29, 1.82) is 0 Å². The van der Waals surface area contributed by atoms with Crippen LogP contribution < -0.4 is 4.90 Å². The van der Waals surface area contributed by atoms with Crippen LogP contribution in [0.5, 0.6) is 0 Å². The van der Waals surface area contributed by atoms with E-state index >= 15 is 0 Å². The van der Waals surface area contributed by atoms with Crippen LogP contribution in [-0.2, 0) is 28.7 Å². The molecule has 24 heavy (non-hydrogen) atoms. The lowest BCUT2D eigenvalue weighted by Gasteiger charge is -2.18. The van der Waals surface area contributed by atoms with Crippen molar-refractivity contribution in [3.05, 3.63) is 18.2 Å². The second kappa shape index (κ2) is 7.31. The lowest BCUT2D eigenvalue weighted by atomic mass is 10.2. The number of anilines is 1. The van der Waals surface area contributed by atoms with Gasteiger partial charge < -0.3 is 9.47 Å². The molecule has 2 rings (SSSR count). The summed E-state index contributed by atoms with van der Waals surface area (Å²) in [4.78, 5) is 48.2. The van der Waals surface area contributed by atoms with Crippen molar-refractivity contribution in [2.75, 3.05) is 18.1 Å². The number of benzene rings is 1. The maximum atomic E-state index is 12.2. The van der Waals surface area contributed by atoms with Gasteiger partial charge in [-0.3, -0.25) is 9.59 Å². The Morgan fingerprint density at radius 3 is 2.04 bits per heavy atom. The molecule has 1 heterocycles. The van der Waals surface area contributed by atoms with Crippen LogP contribution >= 0.6 is 0 Å². The summed E-state index contributed by atoms with van der Waals surface area (Å²) in [6.45, 7) is 2.85. The summed E-state index contributed by atoms with van der Waals surface area (Å²) in [6.07, 6.45) is 0. The minimum absolute atomic E-state index is 0.0712. The highest BCUT2D eigenvalue weighted by Gasteiger charge is 2.35. The maximum Gasteiger partial charge on any atom is 0.397 e. The predicted molar refractivity (Wildman–Crippen MR) is 77.6 cm³/mol. The largest absolute Gasteiger partial charge is 0.459 e. The number of rotatable bonds is 3. The van der Waals surface area contributed by atoms with Crippen molar-refractivity contribution in [3.63, 3.8) is 0 Å². The van der Waals surface area contributed by atoms with Crippen molar-refractivity contribution < 1.29 is 33.3 Å². The summed E-state index contributed by atoms with van der Waals surface area (Å²) in [5, 5.41) is 7.16. The first kappa shape index (κ1) is 17.1. The second-order valence-electron chi connectivity index (χ2n) is 4.32. The van der Waals surface area contributed by atoms with Gasteiger partial charge in [-0.1, -0.05) is 0 Å². The van der Waals surface area contributed by atoms with Gasteiger partial charge in [-0.2, -0.15) is 0 Å². The van der Waals surface area contributed by atoms with Crippen LogP contribution in [0.25, 0.3) is 11.0 Å². The molecule has 2 amide bonds. The van der Waals surface area contributed by atoms with Crippen LogP contribution in [0.1, 0.15) is 13.8 Å². The number of nitrogens with zero attached hydrogens (tertiary/aromatic N) is 3. The van der Waals surface area contributed by atoms with E-state index in [1.165, 1.54) is 32.0 Å². The van der Waals surface area contributed by atoms with E-state index in [-0.39, 0.29) is 24.4 Å². The van der Waals surface area contributed by atoms with Crippen molar-refractivity contribution >= 4 is 40.5 Å². The molecule has 10 heteroatoms. The van der Waals surface area contributed by atoms with Gasteiger partial charge in [0.05, 0.1) is 18.9 Å². The van der Waals surface area contributed by atoms with Crippen molar-refractivity contribution in [3.8, 4) is 0 Å². The number of esters is 2. The molecule has 0 fully saturated rings. The number of carbonyl (C=O) groups excluding carboxylic acids is 4. The predicted octanol–water partition coefficient (Wildman–Crippen LogP) is 0.209. The summed E-state index contributed by atoms with van der Waals surface area (Å²) in [5.74, 6) is -5.22. The van der Waals surface area contributed by atoms with Crippen LogP contribution in [0.2, 0.25) is 0 Å². The average Bonchev–Trinajstić information content (AvgIpc) is 3.03. The van der Waals surface area contributed by atoms with E-state index in [0.717, 1.165) is 0 Å². The standard InChI is InChI=1S/C14H13N3O7/c1-3-22-13(20)11(18)17(12(19)14(21)23-4-2)8-5-6-9-10(7-8)16-24-15-9/h5-7H,3-4H2,1-2H3. The number of hydrogen-bond donors (Lipinski definition) is 0. The highest BCUT2D eigenvalue weighted by molar-refractivity contribution is 6.52. The van der Waals surface area contributed by atoms with Gasteiger partial charge in [-0.15, -0.1) is 0 Å². The molecule has 0 atom stereocenters.